The van der Waals surface area contributed by atoms with Crippen LogP contribution in [0.5, 0.6) is 0 Å². The summed E-state index contributed by atoms with van der Waals surface area (Å²) in [6, 6.07) is 0. The summed E-state index contributed by atoms with van der Waals surface area (Å²) in [6.07, 6.45) is 10.3. The van der Waals surface area contributed by atoms with Crippen LogP contribution >= 0.6 is 0 Å². The zero-order chi connectivity index (χ0) is 16.6. The predicted octanol–water partition coefficient (Wildman–Crippen LogP) is 1.31. The van der Waals surface area contributed by atoms with Crippen LogP contribution in [0.2, 0.25) is 0 Å². The maximum atomic E-state index is 12.7. The summed E-state index contributed by atoms with van der Waals surface area (Å²) in [5.41, 5.74) is -1.78. The van der Waals surface area contributed by atoms with Gasteiger partial charge in [-0.05, 0) is 32.7 Å². The Bertz CT molecular complexity index is 533. The first-order valence-corrected chi connectivity index (χ1v) is 8.52. The van der Waals surface area contributed by atoms with Crippen molar-refractivity contribution in [1.29, 1.82) is 0 Å². The van der Waals surface area contributed by atoms with Crippen LogP contribution in [0.15, 0.2) is 10.2 Å². The van der Waals surface area contributed by atoms with E-state index in [0.29, 0.717) is 32.2 Å². The van der Waals surface area contributed by atoms with Gasteiger partial charge in [0.25, 0.3) is 0 Å². The van der Waals surface area contributed by atoms with E-state index >= 15 is 0 Å². The van der Waals surface area contributed by atoms with Crippen LogP contribution in [0.3, 0.4) is 0 Å². The smallest absolute Gasteiger partial charge is 0.229 e. The normalized spacial score (nSPS) is 26.3. The van der Waals surface area contributed by atoms with Gasteiger partial charge in [0, 0.05) is 38.9 Å². The van der Waals surface area contributed by atoms with Crippen molar-refractivity contribution in [3.05, 3.63) is 0 Å². The number of carbonyl (C=O) groups excluding carboxylic acids is 1. The number of amides is 1. The molecule has 0 aromatic heterocycles. The molecule has 0 spiro atoms. The summed E-state index contributed by atoms with van der Waals surface area (Å²) in [7, 11) is 2.05. The highest BCUT2D eigenvalue weighted by Gasteiger charge is 2.63. The Hall–Kier alpha value is -1.45. The van der Waals surface area contributed by atoms with Gasteiger partial charge in [-0.25, -0.2) is 0 Å². The van der Waals surface area contributed by atoms with E-state index in [4.69, 9.17) is 6.42 Å². The Morgan fingerprint density at radius 3 is 2.43 bits per heavy atom. The summed E-state index contributed by atoms with van der Waals surface area (Å²) in [5.74, 6) is 2.60. The van der Waals surface area contributed by atoms with E-state index < -0.39 is 11.0 Å². The molecule has 3 aliphatic rings. The molecular weight excluding hydrogens is 292 g/mol. The lowest BCUT2D eigenvalue weighted by Crippen LogP contribution is -2.54. The molecule has 0 unspecified atom stereocenters. The molecule has 2 fully saturated rings. The molecule has 6 nitrogen and oxygen atoms in total. The van der Waals surface area contributed by atoms with Crippen LogP contribution in [-0.4, -0.2) is 53.9 Å². The van der Waals surface area contributed by atoms with Gasteiger partial charge in [-0.15, -0.1) is 12.3 Å². The molecule has 1 aliphatic carbocycles. The van der Waals surface area contributed by atoms with Gasteiger partial charge in [0.2, 0.25) is 5.91 Å². The molecule has 3 rings (SSSR count). The van der Waals surface area contributed by atoms with E-state index in [0.717, 1.165) is 32.4 Å². The van der Waals surface area contributed by atoms with Crippen LogP contribution < -0.4 is 5.32 Å². The van der Waals surface area contributed by atoms with E-state index in [1.54, 1.807) is 0 Å². The maximum Gasteiger partial charge on any atom is 0.229 e. The first-order valence-electron chi connectivity index (χ1n) is 8.52. The number of likely N-dealkylation sites (tertiary alicyclic amines) is 1. The molecule has 0 aromatic rings. The van der Waals surface area contributed by atoms with Gasteiger partial charge in [-0.3, -0.25) is 4.79 Å². The van der Waals surface area contributed by atoms with Crippen LogP contribution in [0, 0.1) is 17.8 Å². The zero-order valence-corrected chi connectivity index (χ0v) is 13.8. The Morgan fingerprint density at radius 1 is 1.26 bits per heavy atom. The van der Waals surface area contributed by atoms with Crippen molar-refractivity contribution >= 4 is 5.91 Å². The number of piperidine rings is 1. The molecule has 0 radical (unpaired) electrons. The van der Waals surface area contributed by atoms with Crippen molar-refractivity contribution < 1.29 is 9.90 Å². The number of aliphatic hydroxyl groups is 1. The highest BCUT2D eigenvalue weighted by Crippen LogP contribution is 2.57. The van der Waals surface area contributed by atoms with Gasteiger partial charge in [0.05, 0.1) is 11.0 Å². The molecule has 126 valence electrons. The van der Waals surface area contributed by atoms with E-state index in [-0.39, 0.29) is 11.6 Å². The number of rotatable bonds is 7. The zero-order valence-electron chi connectivity index (χ0n) is 13.8. The fraction of sp³-hybridized carbons (Fsp3) is 0.824. The predicted molar refractivity (Wildman–Crippen MR) is 86.6 cm³/mol. The van der Waals surface area contributed by atoms with Crippen LogP contribution in [0.25, 0.3) is 0 Å². The van der Waals surface area contributed by atoms with Crippen LogP contribution in [0.1, 0.15) is 44.9 Å². The fourth-order valence-electron chi connectivity index (χ4n) is 3.71. The van der Waals surface area contributed by atoms with Crippen molar-refractivity contribution in [2.24, 2.45) is 15.6 Å². The molecular formula is C17H26N4O2. The number of hydrogen-bond acceptors (Lipinski definition) is 5. The van der Waals surface area contributed by atoms with Crippen LogP contribution in [-0.2, 0) is 4.79 Å². The number of nitrogens with zero attached hydrogens (tertiary/aromatic N) is 3. The lowest BCUT2D eigenvalue weighted by molar-refractivity contribution is -0.143. The minimum absolute atomic E-state index is 0.00250. The highest BCUT2D eigenvalue weighted by molar-refractivity contribution is 5.86. The first kappa shape index (κ1) is 16.4. The average molecular weight is 318 g/mol. The first-order chi connectivity index (χ1) is 11.0. The molecule has 2 heterocycles. The molecule has 0 atom stereocenters. The molecule has 2 N–H and O–H groups in total. The van der Waals surface area contributed by atoms with Crippen molar-refractivity contribution in [3.8, 4) is 12.3 Å². The van der Waals surface area contributed by atoms with Crippen molar-refractivity contribution in [2.45, 2.75) is 56.2 Å². The van der Waals surface area contributed by atoms with Gasteiger partial charge in [-0.2, -0.15) is 10.2 Å². The molecule has 1 amide bonds. The molecule has 0 bridgehead atoms. The molecule has 6 heteroatoms. The molecule has 0 aromatic carbocycles. The average Bonchev–Trinajstić information content (AvgIpc) is 3.43. The molecule has 1 saturated carbocycles. The second kappa shape index (κ2) is 5.88. The summed E-state index contributed by atoms with van der Waals surface area (Å²) in [4.78, 5) is 14.9. The van der Waals surface area contributed by atoms with E-state index in [2.05, 4.69) is 33.4 Å². The third-order valence-corrected chi connectivity index (χ3v) is 5.75. The van der Waals surface area contributed by atoms with Gasteiger partial charge in [0.1, 0.15) is 0 Å². The molecule has 23 heavy (non-hydrogen) atoms. The lowest BCUT2D eigenvalue weighted by Gasteiger charge is -2.41. The Balaban J connectivity index is 1.49. The van der Waals surface area contributed by atoms with Gasteiger partial charge in [-0.1, -0.05) is 0 Å². The number of terminal acetylenes is 1. The Kier molecular flexibility index (Phi) is 4.19. The number of carbonyl (C=O) groups is 1. The van der Waals surface area contributed by atoms with Crippen molar-refractivity contribution in [3.63, 3.8) is 0 Å². The Labute approximate surface area is 137 Å². The molecule has 1 saturated heterocycles. The lowest BCUT2D eigenvalue weighted by atomic mass is 9.76. The third kappa shape index (κ3) is 3.13. The number of hydrogen-bond donors (Lipinski definition) is 2. The minimum Gasteiger partial charge on any atom is -0.389 e. The second-order valence-corrected chi connectivity index (χ2v) is 7.31. The Morgan fingerprint density at radius 2 is 1.91 bits per heavy atom. The quantitative estimate of drug-likeness (QED) is 0.695. The van der Waals surface area contributed by atoms with Gasteiger partial charge < -0.3 is 15.3 Å². The maximum absolute atomic E-state index is 12.7. The molecule has 2 aliphatic heterocycles. The van der Waals surface area contributed by atoms with E-state index in [9.17, 15) is 9.90 Å². The minimum atomic E-state index is -0.848. The monoisotopic (exact) mass is 318 g/mol. The van der Waals surface area contributed by atoms with Crippen molar-refractivity contribution in [2.75, 3.05) is 26.7 Å². The summed E-state index contributed by atoms with van der Waals surface area (Å²) in [5, 5.41) is 22.2. The van der Waals surface area contributed by atoms with Gasteiger partial charge in [0.15, 0.2) is 5.66 Å². The SMILES string of the molecule is C#CCCC1(CCNC(=O)C2(C3(O)CCN(C)CC3)CC2)N=N1. The summed E-state index contributed by atoms with van der Waals surface area (Å²) in [6.45, 7) is 2.23. The highest BCUT2D eigenvalue weighted by atomic mass is 16.3. The second-order valence-electron chi connectivity index (χ2n) is 7.31. The van der Waals surface area contributed by atoms with E-state index in [1.165, 1.54) is 0 Å². The fourth-order valence-corrected chi connectivity index (χ4v) is 3.71. The number of nitrogens with one attached hydrogen (secondary N) is 1. The van der Waals surface area contributed by atoms with Crippen LogP contribution in [0.4, 0.5) is 0 Å². The van der Waals surface area contributed by atoms with Gasteiger partial charge >= 0.3 is 0 Å². The summed E-state index contributed by atoms with van der Waals surface area (Å²) < 4.78 is 0. The standard InChI is InChI=1S/C17H26N4O2/c1-3-4-5-17(19-20-17)8-11-18-14(22)15(6-7-15)16(23)9-12-21(2)13-10-16/h1,23H,4-13H2,2H3,(H,18,22). The van der Waals surface area contributed by atoms with E-state index in [1.807, 2.05) is 0 Å². The summed E-state index contributed by atoms with van der Waals surface area (Å²) >= 11 is 0. The largest absolute Gasteiger partial charge is 0.389 e. The third-order valence-electron chi connectivity index (χ3n) is 5.75. The topological polar surface area (TPSA) is 77.3 Å². The van der Waals surface area contributed by atoms with Crippen molar-refractivity contribution in [1.82, 2.24) is 10.2 Å².